The summed E-state index contributed by atoms with van der Waals surface area (Å²) < 4.78 is 0. The van der Waals surface area contributed by atoms with E-state index in [4.69, 9.17) is 5.26 Å². The Hall–Kier alpha value is -2.35. The molecule has 1 atom stereocenters. The summed E-state index contributed by atoms with van der Waals surface area (Å²) in [5, 5.41) is 11.7. The zero-order chi connectivity index (χ0) is 18.1. The van der Waals surface area contributed by atoms with Crippen LogP contribution in [0.15, 0.2) is 24.3 Å². The Balaban J connectivity index is 2.87. The third kappa shape index (κ3) is 5.38. The molecule has 1 aromatic carbocycles. The van der Waals surface area contributed by atoms with Crippen LogP contribution in [0, 0.1) is 17.2 Å². The number of carbonyl (C=O) groups is 2. The molecule has 24 heavy (non-hydrogen) atoms. The second kappa shape index (κ2) is 9.71. The molecule has 0 heterocycles. The van der Waals surface area contributed by atoms with Gasteiger partial charge in [0.2, 0.25) is 0 Å². The van der Waals surface area contributed by atoms with Crippen LogP contribution in [0.4, 0.5) is 4.79 Å². The number of urea groups is 1. The van der Waals surface area contributed by atoms with Gasteiger partial charge in [-0.3, -0.25) is 4.79 Å². The molecule has 0 fully saturated rings. The maximum Gasteiger partial charge on any atom is 0.317 e. The lowest BCUT2D eigenvalue weighted by molar-refractivity contribution is 0.0913. The molecular formula is C19H27N3O2. The van der Waals surface area contributed by atoms with E-state index in [0.29, 0.717) is 24.2 Å². The van der Waals surface area contributed by atoms with Gasteiger partial charge in [-0.25, -0.2) is 4.79 Å². The van der Waals surface area contributed by atoms with Gasteiger partial charge in [0.1, 0.15) is 0 Å². The van der Waals surface area contributed by atoms with Gasteiger partial charge in [0.25, 0.3) is 0 Å². The summed E-state index contributed by atoms with van der Waals surface area (Å²) in [7, 11) is 0. The molecule has 0 aliphatic heterocycles. The Bertz CT molecular complexity index is 588. The van der Waals surface area contributed by atoms with E-state index in [1.807, 2.05) is 26.8 Å². The van der Waals surface area contributed by atoms with Gasteiger partial charge in [0.05, 0.1) is 17.7 Å². The Morgan fingerprint density at radius 3 is 2.29 bits per heavy atom. The average Bonchev–Trinajstić information content (AvgIpc) is 2.59. The summed E-state index contributed by atoms with van der Waals surface area (Å²) in [5.41, 5.74) is 1.01. The summed E-state index contributed by atoms with van der Waals surface area (Å²) in [6.45, 7) is 9.14. The van der Waals surface area contributed by atoms with E-state index in [9.17, 15) is 9.59 Å². The number of Topliss-reactive ketones (excluding diaryl/α,β-unsaturated/α-hetero) is 1. The normalized spacial score (nSPS) is 11.7. The second-order valence-corrected chi connectivity index (χ2v) is 6.16. The standard InChI is InChI=1S/C19H27N3O2/c1-5-7-12-22(6-2)19(24)21-17(14(3)4)18(23)16-10-8-15(13-20)9-11-16/h8-11,14,17H,5-7,12H2,1-4H3,(H,21,24). The number of ketones is 1. The molecule has 0 saturated carbocycles. The van der Waals surface area contributed by atoms with E-state index < -0.39 is 6.04 Å². The van der Waals surface area contributed by atoms with Crippen LogP contribution in [-0.4, -0.2) is 35.8 Å². The number of nitriles is 1. The third-order valence-corrected chi connectivity index (χ3v) is 3.98. The first-order valence-corrected chi connectivity index (χ1v) is 8.54. The maximum atomic E-state index is 12.7. The highest BCUT2D eigenvalue weighted by atomic mass is 16.2. The van der Waals surface area contributed by atoms with E-state index in [2.05, 4.69) is 12.2 Å². The predicted octanol–water partition coefficient (Wildman–Crippen LogP) is 3.60. The highest BCUT2D eigenvalue weighted by molar-refractivity contribution is 6.02. The predicted molar refractivity (Wildman–Crippen MR) is 94.8 cm³/mol. The molecule has 0 aromatic heterocycles. The Morgan fingerprint density at radius 1 is 1.21 bits per heavy atom. The minimum Gasteiger partial charge on any atom is -0.328 e. The smallest absolute Gasteiger partial charge is 0.317 e. The molecule has 5 heteroatoms. The van der Waals surface area contributed by atoms with Crippen LogP contribution >= 0.6 is 0 Å². The number of unbranched alkanes of at least 4 members (excludes halogenated alkanes) is 1. The van der Waals surface area contributed by atoms with Crippen molar-refractivity contribution in [1.82, 2.24) is 10.2 Å². The van der Waals surface area contributed by atoms with Crippen LogP contribution in [0.2, 0.25) is 0 Å². The lowest BCUT2D eigenvalue weighted by atomic mass is 9.94. The fraction of sp³-hybridized carbons (Fsp3) is 0.526. The third-order valence-electron chi connectivity index (χ3n) is 3.98. The van der Waals surface area contributed by atoms with E-state index >= 15 is 0 Å². The number of amides is 2. The van der Waals surface area contributed by atoms with Crippen molar-refractivity contribution in [2.75, 3.05) is 13.1 Å². The van der Waals surface area contributed by atoms with Crippen molar-refractivity contribution in [1.29, 1.82) is 5.26 Å². The number of nitrogens with one attached hydrogen (secondary N) is 1. The molecule has 1 unspecified atom stereocenters. The van der Waals surface area contributed by atoms with E-state index in [0.717, 1.165) is 12.8 Å². The molecule has 1 aromatic rings. The zero-order valence-electron chi connectivity index (χ0n) is 15.0. The van der Waals surface area contributed by atoms with Gasteiger partial charge in [-0.1, -0.05) is 39.3 Å². The Morgan fingerprint density at radius 2 is 1.83 bits per heavy atom. The molecule has 1 N–H and O–H groups in total. The summed E-state index contributed by atoms with van der Waals surface area (Å²) in [6, 6.07) is 7.75. The summed E-state index contributed by atoms with van der Waals surface area (Å²) in [4.78, 5) is 26.9. The first kappa shape index (κ1) is 19.7. The minimum atomic E-state index is -0.582. The number of hydrogen-bond acceptors (Lipinski definition) is 3. The molecule has 0 aliphatic rings. The van der Waals surface area contributed by atoms with Crippen LogP contribution in [0.25, 0.3) is 0 Å². The van der Waals surface area contributed by atoms with Crippen LogP contribution in [-0.2, 0) is 0 Å². The van der Waals surface area contributed by atoms with Gasteiger partial charge in [0.15, 0.2) is 5.78 Å². The Labute approximate surface area is 144 Å². The average molecular weight is 329 g/mol. The number of rotatable bonds is 8. The van der Waals surface area contributed by atoms with Crippen molar-refractivity contribution in [3.8, 4) is 6.07 Å². The van der Waals surface area contributed by atoms with Gasteiger partial charge in [-0.2, -0.15) is 5.26 Å². The first-order valence-electron chi connectivity index (χ1n) is 8.54. The van der Waals surface area contributed by atoms with Gasteiger partial charge in [-0.15, -0.1) is 0 Å². The molecule has 5 nitrogen and oxygen atoms in total. The SMILES string of the molecule is CCCCN(CC)C(=O)NC(C(=O)c1ccc(C#N)cc1)C(C)C. The van der Waals surface area contributed by atoms with Gasteiger partial charge in [-0.05, 0) is 31.4 Å². The van der Waals surface area contributed by atoms with Crippen LogP contribution in [0.5, 0.6) is 0 Å². The fourth-order valence-corrected chi connectivity index (χ4v) is 2.40. The highest BCUT2D eigenvalue weighted by Gasteiger charge is 2.26. The molecule has 0 radical (unpaired) electrons. The quantitative estimate of drug-likeness (QED) is 0.741. The van der Waals surface area contributed by atoms with Crippen LogP contribution in [0.1, 0.15) is 56.5 Å². The molecule has 0 aliphatic carbocycles. The summed E-state index contributed by atoms with van der Waals surface area (Å²) in [6.07, 6.45) is 1.96. The van der Waals surface area contributed by atoms with Gasteiger partial charge < -0.3 is 10.2 Å². The van der Waals surface area contributed by atoms with Crippen LogP contribution in [0.3, 0.4) is 0 Å². The van der Waals surface area contributed by atoms with Crippen molar-refractivity contribution >= 4 is 11.8 Å². The monoisotopic (exact) mass is 329 g/mol. The van der Waals surface area contributed by atoms with Crippen molar-refractivity contribution < 1.29 is 9.59 Å². The summed E-state index contributed by atoms with van der Waals surface area (Å²) in [5.74, 6) is -0.156. The lowest BCUT2D eigenvalue weighted by Crippen LogP contribution is -2.50. The van der Waals surface area contributed by atoms with E-state index in [1.54, 1.807) is 29.2 Å². The molecule has 1 rings (SSSR count). The van der Waals surface area contributed by atoms with Crippen molar-refractivity contribution in [3.05, 3.63) is 35.4 Å². The minimum absolute atomic E-state index is 0.0259. The molecule has 130 valence electrons. The van der Waals surface area contributed by atoms with Crippen molar-refractivity contribution in [2.45, 2.75) is 46.6 Å². The topological polar surface area (TPSA) is 73.2 Å². The van der Waals surface area contributed by atoms with E-state index in [1.165, 1.54) is 0 Å². The van der Waals surface area contributed by atoms with E-state index in [-0.39, 0.29) is 17.7 Å². The van der Waals surface area contributed by atoms with Crippen molar-refractivity contribution in [2.24, 2.45) is 5.92 Å². The number of hydrogen-bond donors (Lipinski definition) is 1. The number of carbonyl (C=O) groups excluding carboxylic acids is 2. The molecule has 0 saturated heterocycles. The summed E-state index contributed by atoms with van der Waals surface area (Å²) >= 11 is 0. The van der Waals surface area contributed by atoms with Crippen molar-refractivity contribution in [3.63, 3.8) is 0 Å². The molecule has 0 spiro atoms. The molecule has 2 amide bonds. The highest BCUT2D eigenvalue weighted by Crippen LogP contribution is 2.13. The Kier molecular flexibility index (Phi) is 7.97. The van der Waals surface area contributed by atoms with Gasteiger partial charge in [0, 0.05) is 18.7 Å². The maximum absolute atomic E-state index is 12.7. The molecule has 0 bridgehead atoms. The number of benzene rings is 1. The van der Waals surface area contributed by atoms with Crippen LogP contribution < -0.4 is 5.32 Å². The lowest BCUT2D eigenvalue weighted by Gasteiger charge is -2.27. The van der Waals surface area contributed by atoms with Gasteiger partial charge >= 0.3 is 6.03 Å². The number of nitrogens with zero attached hydrogens (tertiary/aromatic N) is 2. The largest absolute Gasteiger partial charge is 0.328 e. The second-order valence-electron chi connectivity index (χ2n) is 6.16. The molecular weight excluding hydrogens is 302 g/mol. The first-order chi connectivity index (χ1) is 11.4. The fourth-order valence-electron chi connectivity index (χ4n) is 2.40. The zero-order valence-corrected chi connectivity index (χ0v) is 15.0.